The fraction of sp³-hybridized carbons (Fsp3) is 0.115. The highest BCUT2D eigenvalue weighted by molar-refractivity contribution is 5.84. The monoisotopic (exact) mass is 363 g/mol. The molecule has 0 saturated carbocycles. The van der Waals surface area contributed by atoms with Crippen LogP contribution >= 0.6 is 0 Å². The number of aromatic nitrogens is 1. The number of hydrogen-bond acceptors (Lipinski definition) is 2. The second-order valence-electron chi connectivity index (χ2n) is 6.75. The molecule has 136 valence electrons. The minimum atomic E-state index is 0.623. The molecule has 2 nitrogen and oxygen atoms in total. The Bertz CT molecular complexity index is 1140. The van der Waals surface area contributed by atoms with Gasteiger partial charge >= 0.3 is 0 Å². The standard InChI is InChI=1S/C26H21NO/c1-28-26-15-12-22(19-27-26)9-5-8-21-10-13-24-14-11-23(18-25(24)17-21)16-20-6-3-2-4-7-20/h2-4,6-7,10-15,17-19H,9,16H2,1H3. The van der Waals surface area contributed by atoms with E-state index in [0.717, 1.165) is 17.5 Å². The van der Waals surface area contributed by atoms with Crippen molar-refractivity contribution in [1.82, 2.24) is 4.98 Å². The number of fused-ring (bicyclic) bond motifs is 1. The lowest BCUT2D eigenvalue weighted by Gasteiger charge is -2.05. The zero-order valence-corrected chi connectivity index (χ0v) is 15.9. The molecule has 0 saturated heterocycles. The van der Waals surface area contributed by atoms with E-state index in [-0.39, 0.29) is 0 Å². The summed E-state index contributed by atoms with van der Waals surface area (Å²) in [6.45, 7) is 0. The molecule has 0 fully saturated rings. The topological polar surface area (TPSA) is 22.1 Å². The van der Waals surface area contributed by atoms with Crippen LogP contribution in [0, 0.1) is 11.8 Å². The van der Waals surface area contributed by atoms with Crippen molar-refractivity contribution in [2.24, 2.45) is 0 Å². The van der Waals surface area contributed by atoms with Crippen LogP contribution in [-0.4, -0.2) is 12.1 Å². The molecule has 0 atom stereocenters. The van der Waals surface area contributed by atoms with Crippen molar-refractivity contribution in [2.75, 3.05) is 7.11 Å². The molecule has 0 aliphatic rings. The van der Waals surface area contributed by atoms with Gasteiger partial charge in [-0.3, -0.25) is 0 Å². The van der Waals surface area contributed by atoms with Crippen LogP contribution in [0.5, 0.6) is 5.88 Å². The van der Waals surface area contributed by atoms with E-state index in [1.54, 1.807) is 7.11 Å². The van der Waals surface area contributed by atoms with Gasteiger partial charge in [0.15, 0.2) is 0 Å². The number of rotatable bonds is 4. The average molecular weight is 363 g/mol. The Morgan fingerprint density at radius 1 is 0.786 bits per heavy atom. The fourth-order valence-electron chi connectivity index (χ4n) is 3.20. The molecule has 4 aromatic rings. The van der Waals surface area contributed by atoms with Gasteiger partial charge in [0.2, 0.25) is 5.88 Å². The lowest BCUT2D eigenvalue weighted by atomic mass is 10.00. The quantitative estimate of drug-likeness (QED) is 0.451. The molecule has 0 spiro atoms. The first-order chi connectivity index (χ1) is 13.8. The third kappa shape index (κ3) is 4.39. The van der Waals surface area contributed by atoms with E-state index in [0.29, 0.717) is 12.3 Å². The molecule has 0 bridgehead atoms. The molecular formula is C26H21NO. The van der Waals surface area contributed by atoms with E-state index < -0.39 is 0 Å². The van der Waals surface area contributed by atoms with Crippen molar-refractivity contribution in [3.8, 4) is 17.7 Å². The second kappa shape index (κ2) is 8.41. The van der Waals surface area contributed by atoms with Crippen LogP contribution in [0.3, 0.4) is 0 Å². The summed E-state index contributed by atoms with van der Waals surface area (Å²) in [6.07, 6.45) is 3.42. The van der Waals surface area contributed by atoms with Crippen molar-refractivity contribution in [3.63, 3.8) is 0 Å². The summed E-state index contributed by atoms with van der Waals surface area (Å²) >= 11 is 0. The minimum absolute atomic E-state index is 0.623. The van der Waals surface area contributed by atoms with Crippen LogP contribution in [0.25, 0.3) is 10.8 Å². The van der Waals surface area contributed by atoms with E-state index in [2.05, 4.69) is 83.6 Å². The zero-order chi connectivity index (χ0) is 19.2. The summed E-state index contributed by atoms with van der Waals surface area (Å²) < 4.78 is 5.08. The Morgan fingerprint density at radius 3 is 2.39 bits per heavy atom. The predicted octanol–water partition coefficient (Wildman–Crippen LogP) is 5.43. The van der Waals surface area contributed by atoms with Crippen LogP contribution in [0.15, 0.2) is 85.1 Å². The van der Waals surface area contributed by atoms with Crippen LogP contribution in [0.1, 0.15) is 22.3 Å². The Morgan fingerprint density at radius 2 is 1.61 bits per heavy atom. The smallest absolute Gasteiger partial charge is 0.212 e. The van der Waals surface area contributed by atoms with Crippen LogP contribution < -0.4 is 4.74 Å². The van der Waals surface area contributed by atoms with E-state index in [1.807, 2.05) is 18.3 Å². The molecule has 4 rings (SSSR count). The summed E-state index contributed by atoms with van der Waals surface area (Å²) in [5.41, 5.74) is 4.75. The van der Waals surface area contributed by atoms with Gasteiger partial charge in [0.1, 0.15) is 0 Å². The average Bonchev–Trinajstić information content (AvgIpc) is 2.75. The largest absolute Gasteiger partial charge is 0.481 e. The molecule has 3 aromatic carbocycles. The molecule has 1 heterocycles. The van der Waals surface area contributed by atoms with Gasteiger partial charge in [0.05, 0.1) is 7.11 Å². The maximum absolute atomic E-state index is 5.08. The summed E-state index contributed by atoms with van der Waals surface area (Å²) in [5, 5.41) is 2.47. The van der Waals surface area contributed by atoms with Gasteiger partial charge in [-0.25, -0.2) is 4.98 Å². The van der Waals surface area contributed by atoms with Gasteiger partial charge in [-0.05, 0) is 46.0 Å². The number of hydrogen-bond donors (Lipinski definition) is 0. The highest BCUT2D eigenvalue weighted by atomic mass is 16.5. The molecule has 2 heteroatoms. The van der Waals surface area contributed by atoms with E-state index in [9.17, 15) is 0 Å². The predicted molar refractivity (Wildman–Crippen MR) is 115 cm³/mol. The molecule has 0 aliphatic heterocycles. The lowest BCUT2D eigenvalue weighted by Crippen LogP contribution is -1.89. The highest BCUT2D eigenvalue weighted by Crippen LogP contribution is 2.20. The highest BCUT2D eigenvalue weighted by Gasteiger charge is 2.00. The number of methoxy groups -OCH3 is 1. The Balaban J connectivity index is 1.51. The lowest BCUT2D eigenvalue weighted by molar-refractivity contribution is 0.397. The first kappa shape index (κ1) is 17.8. The van der Waals surface area contributed by atoms with Gasteiger partial charge < -0.3 is 4.74 Å². The first-order valence-corrected chi connectivity index (χ1v) is 9.34. The second-order valence-corrected chi connectivity index (χ2v) is 6.75. The SMILES string of the molecule is COc1ccc(CC#Cc2ccc3ccc(Cc4ccccc4)cc3c2)cn1. The fourth-order valence-corrected chi connectivity index (χ4v) is 3.20. The number of pyridine rings is 1. The van der Waals surface area contributed by atoms with E-state index >= 15 is 0 Å². The first-order valence-electron chi connectivity index (χ1n) is 9.34. The van der Waals surface area contributed by atoms with Crippen molar-refractivity contribution in [1.29, 1.82) is 0 Å². The molecule has 0 amide bonds. The third-order valence-corrected chi connectivity index (χ3v) is 4.69. The van der Waals surface area contributed by atoms with Crippen molar-refractivity contribution in [3.05, 3.63) is 107 Å². The van der Waals surface area contributed by atoms with Crippen molar-refractivity contribution >= 4 is 10.8 Å². The third-order valence-electron chi connectivity index (χ3n) is 4.69. The van der Waals surface area contributed by atoms with Gasteiger partial charge in [-0.15, -0.1) is 0 Å². The maximum Gasteiger partial charge on any atom is 0.212 e. The summed E-state index contributed by atoms with van der Waals surface area (Å²) in [6, 6.07) is 27.5. The molecule has 28 heavy (non-hydrogen) atoms. The van der Waals surface area contributed by atoms with Gasteiger partial charge in [-0.1, -0.05) is 72.5 Å². The van der Waals surface area contributed by atoms with E-state index in [4.69, 9.17) is 4.74 Å². The summed E-state index contributed by atoms with van der Waals surface area (Å²) in [5.74, 6) is 7.14. The Kier molecular flexibility index (Phi) is 5.36. The molecular weight excluding hydrogens is 342 g/mol. The van der Waals surface area contributed by atoms with Gasteiger partial charge in [0, 0.05) is 24.2 Å². The molecule has 1 aromatic heterocycles. The normalized spacial score (nSPS) is 10.3. The van der Waals surface area contributed by atoms with Crippen LogP contribution in [0.4, 0.5) is 0 Å². The van der Waals surface area contributed by atoms with Crippen LogP contribution in [-0.2, 0) is 12.8 Å². The van der Waals surface area contributed by atoms with E-state index in [1.165, 1.54) is 21.9 Å². The Labute approximate surface area is 165 Å². The molecule has 0 radical (unpaired) electrons. The van der Waals surface area contributed by atoms with Gasteiger partial charge in [-0.2, -0.15) is 0 Å². The molecule has 0 aliphatic carbocycles. The maximum atomic E-state index is 5.08. The number of ether oxygens (including phenoxy) is 1. The van der Waals surface area contributed by atoms with Gasteiger partial charge in [0.25, 0.3) is 0 Å². The molecule has 0 unspecified atom stereocenters. The number of benzene rings is 3. The zero-order valence-electron chi connectivity index (χ0n) is 15.9. The van der Waals surface area contributed by atoms with Crippen molar-refractivity contribution in [2.45, 2.75) is 12.8 Å². The molecule has 0 N–H and O–H groups in total. The van der Waals surface area contributed by atoms with Crippen LogP contribution in [0.2, 0.25) is 0 Å². The minimum Gasteiger partial charge on any atom is -0.481 e. The Hall–Kier alpha value is -3.57. The number of nitrogens with zero attached hydrogens (tertiary/aromatic N) is 1. The van der Waals surface area contributed by atoms with Crippen molar-refractivity contribution < 1.29 is 4.74 Å². The summed E-state index contributed by atoms with van der Waals surface area (Å²) in [4.78, 5) is 4.22. The summed E-state index contributed by atoms with van der Waals surface area (Å²) in [7, 11) is 1.62.